The van der Waals surface area contributed by atoms with Crippen LogP contribution in [0.25, 0.3) is 10.3 Å². The van der Waals surface area contributed by atoms with Gasteiger partial charge in [-0.25, -0.2) is 27.8 Å². The average Bonchev–Trinajstić information content (AvgIpc) is 3.31. The van der Waals surface area contributed by atoms with Crippen molar-refractivity contribution in [2.75, 3.05) is 37.0 Å². The summed E-state index contributed by atoms with van der Waals surface area (Å²) in [5.74, 6) is 0.162. The molecule has 0 aliphatic carbocycles. The molecule has 3 N–H and O–H groups in total. The third-order valence-electron chi connectivity index (χ3n) is 5.10. The van der Waals surface area contributed by atoms with Crippen LogP contribution >= 0.6 is 22.9 Å². The lowest BCUT2D eigenvalue weighted by Crippen LogP contribution is -2.33. The minimum atomic E-state index is -3.03. The predicted molar refractivity (Wildman–Crippen MR) is 146 cm³/mol. The number of rotatable bonds is 12. The van der Waals surface area contributed by atoms with Gasteiger partial charge < -0.3 is 20.7 Å². The number of nitrogens with zero attached hydrogens (tertiary/aromatic N) is 3. The number of hydrogen-bond donors (Lipinski definition) is 3. The van der Waals surface area contributed by atoms with Gasteiger partial charge in [-0.2, -0.15) is 0 Å². The zero-order chi connectivity index (χ0) is 27.1. The SMILES string of the molecule is CS(=O)(=O)CCNCCNC(=O)c1nc2c(Nc3ccc(OCc4cccc(F)c4)c(Cl)c3)ncnc2s1. The van der Waals surface area contributed by atoms with E-state index in [-0.39, 0.29) is 29.1 Å². The molecule has 0 aliphatic rings. The second kappa shape index (κ2) is 12.4. The number of aromatic nitrogens is 3. The van der Waals surface area contributed by atoms with Gasteiger partial charge in [0.2, 0.25) is 0 Å². The van der Waals surface area contributed by atoms with Crippen LogP contribution in [0, 0.1) is 5.82 Å². The Balaban J connectivity index is 1.36. The van der Waals surface area contributed by atoms with Gasteiger partial charge in [-0.3, -0.25) is 4.79 Å². The van der Waals surface area contributed by atoms with Gasteiger partial charge in [0.05, 0.1) is 10.8 Å². The number of halogens is 2. The van der Waals surface area contributed by atoms with Gasteiger partial charge >= 0.3 is 0 Å². The van der Waals surface area contributed by atoms with Crippen LogP contribution < -0.4 is 20.7 Å². The minimum absolute atomic E-state index is 0.0309. The van der Waals surface area contributed by atoms with Crippen molar-refractivity contribution in [3.05, 3.63) is 70.2 Å². The smallest absolute Gasteiger partial charge is 0.280 e. The Morgan fingerprint density at radius 2 is 1.97 bits per heavy atom. The Labute approximate surface area is 227 Å². The molecule has 0 aliphatic heterocycles. The van der Waals surface area contributed by atoms with Gasteiger partial charge in [-0.1, -0.05) is 35.1 Å². The molecule has 0 radical (unpaired) electrons. The summed E-state index contributed by atoms with van der Waals surface area (Å²) < 4.78 is 41.4. The van der Waals surface area contributed by atoms with E-state index in [2.05, 4.69) is 30.9 Å². The topological polar surface area (TPSA) is 135 Å². The van der Waals surface area contributed by atoms with E-state index >= 15 is 0 Å². The molecule has 4 rings (SSSR count). The van der Waals surface area contributed by atoms with Crippen molar-refractivity contribution in [2.45, 2.75) is 6.61 Å². The maximum Gasteiger partial charge on any atom is 0.280 e. The van der Waals surface area contributed by atoms with Crippen molar-refractivity contribution in [1.29, 1.82) is 0 Å². The molecule has 10 nitrogen and oxygen atoms in total. The van der Waals surface area contributed by atoms with Gasteiger partial charge in [-0.15, -0.1) is 0 Å². The fourth-order valence-electron chi connectivity index (χ4n) is 3.29. The van der Waals surface area contributed by atoms with Crippen molar-refractivity contribution in [3.63, 3.8) is 0 Å². The van der Waals surface area contributed by atoms with Crippen molar-refractivity contribution in [2.24, 2.45) is 0 Å². The lowest BCUT2D eigenvalue weighted by Gasteiger charge is -2.11. The molecule has 0 saturated heterocycles. The normalized spacial score (nSPS) is 11.4. The van der Waals surface area contributed by atoms with Gasteiger partial charge in [0.15, 0.2) is 10.8 Å². The number of carbonyl (C=O) groups is 1. The van der Waals surface area contributed by atoms with Crippen molar-refractivity contribution < 1.29 is 22.3 Å². The van der Waals surface area contributed by atoms with Crippen LogP contribution in [0.4, 0.5) is 15.9 Å². The van der Waals surface area contributed by atoms with E-state index in [1.165, 1.54) is 24.7 Å². The first-order valence-electron chi connectivity index (χ1n) is 11.4. The monoisotopic (exact) mass is 578 g/mol. The number of amides is 1. The number of hydrogen-bond acceptors (Lipinski definition) is 10. The van der Waals surface area contributed by atoms with E-state index in [9.17, 15) is 17.6 Å². The number of carbonyl (C=O) groups excluding carboxylic acids is 1. The Morgan fingerprint density at radius 1 is 1.13 bits per heavy atom. The second-order valence-corrected chi connectivity index (χ2v) is 11.9. The van der Waals surface area contributed by atoms with Gasteiger partial charge in [-0.05, 0) is 35.9 Å². The lowest BCUT2D eigenvalue weighted by atomic mass is 10.2. The average molecular weight is 579 g/mol. The zero-order valence-electron chi connectivity index (χ0n) is 20.2. The molecular weight excluding hydrogens is 555 g/mol. The van der Waals surface area contributed by atoms with Crippen LogP contribution in [-0.4, -0.2) is 60.9 Å². The van der Waals surface area contributed by atoms with Crippen LogP contribution in [0.3, 0.4) is 0 Å². The highest BCUT2D eigenvalue weighted by Gasteiger charge is 2.16. The molecule has 38 heavy (non-hydrogen) atoms. The number of anilines is 2. The molecule has 200 valence electrons. The molecule has 0 unspecified atom stereocenters. The van der Waals surface area contributed by atoms with Crippen LogP contribution in [0.15, 0.2) is 48.8 Å². The van der Waals surface area contributed by atoms with E-state index < -0.39 is 9.84 Å². The van der Waals surface area contributed by atoms with E-state index in [4.69, 9.17) is 16.3 Å². The quantitative estimate of drug-likeness (QED) is 0.216. The lowest BCUT2D eigenvalue weighted by molar-refractivity contribution is 0.0954. The number of benzene rings is 2. The van der Waals surface area contributed by atoms with Crippen LogP contribution in [0.2, 0.25) is 5.02 Å². The summed E-state index contributed by atoms with van der Waals surface area (Å²) in [6.45, 7) is 1.20. The van der Waals surface area contributed by atoms with E-state index in [1.807, 2.05) is 0 Å². The molecule has 2 aromatic carbocycles. The standard InChI is InChI=1S/C24H24ClFN6O4S2/c1-38(34,35)10-9-27-7-8-28-22(33)24-32-20-21(29-14-30-23(20)37-24)31-17-5-6-19(18(25)12-17)36-13-15-3-2-4-16(26)11-15/h2-6,11-12,14,27H,7-10,13H2,1H3,(H,28,33)(H,29,30,31). The van der Waals surface area contributed by atoms with E-state index in [0.717, 1.165) is 11.3 Å². The second-order valence-electron chi connectivity index (χ2n) is 8.22. The minimum Gasteiger partial charge on any atom is -0.487 e. The van der Waals surface area contributed by atoms with Crippen LogP contribution in [0.1, 0.15) is 15.4 Å². The van der Waals surface area contributed by atoms with Crippen LogP contribution in [-0.2, 0) is 16.4 Å². The molecule has 4 aromatic rings. The third kappa shape index (κ3) is 7.81. The maximum absolute atomic E-state index is 13.4. The Kier molecular flexibility index (Phi) is 9.05. The highest BCUT2D eigenvalue weighted by Crippen LogP contribution is 2.31. The fraction of sp³-hybridized carbons (Fsp3) is 0.250. The summed E-state index contributed by atoms with van der Waals surface area (Å²) >= 11 is 7.51. The number of sulfone groups is 1. The first-order valence-corrected chi connectivity index (χ1v) is 14.7. The number of fused-ring (bicyclic) bond motifs is 1. The number of nitrogens with one attached hydrogen (secondary N) is 3. The Morgan fingerprint density at radius 3 is 2.74 bits per heavy atom. The van der Waals surface area contributed by atoms with Crippen molar-refractivity contribution >= 4 is 60.5 Å². The first kappa shape index (κ1) is 27.6. The fourth-order valence-corrected chi connectivity index (χ4v) is 4.86. The summed E-state index contributed by atoms with van der Waals surface area (Å²) in [4.78, 5) is 25.9. The van der Waals surface area contributed by atoms with Crippen molar-refractivity contribution in [1.82, 2.24) is 25.6 Å². The van der Waals surface area contributed by atoms with Gasteiger partial charge in [0.1, 0.15) is 44.7 Å². The number of thiazole rings is 1. The number of ether oxygens (including phenoxy) is 1. The zero-order valence-corrected chi connectivity index (χ0v) is 22.6. The molecule has 2 aromatic heterocycles. The van der Waals surface area contributed by atoms with E-state index in [0.29, 0.717) is 57.8 Å². The summed E-state index contributed by atoms with van der Waals surface area (Å²) in [5.41, 5.74) is 1.72. The van der Waals surface area contributed by atoms with Gasteiger partial charge in [0, 0.05) is 31.6 Å². The van der Waals surface area contributed by atoms with Gasteiger partial charge in [0.25, 0.3) is 5.91 Å². The van der Waals surface area contributed by atoms with Crippen molar-refractivity contribution in [3.8, 4) is 5.75 Å². The molecule has 0 bridgehead atoms. The highest BCUT2D eigenvalue weighted by atomic mass is 35.5. The highest BCUT2D eigenvalue weighted by molar-refractivity contribution is 7.90. The van der Waals surface area contributed by atoms with E-state index in [1.54, 1.807) is 30.3 Å². The molecular formula is C24H24ClFN6O4S2. The molecule has 0 spiro atoms. The third-order valence-corrected chi connectivity index (χ3v) is 7.31. The molecule has 0 atom stereocenters. The molecule has 1 amide bonds. The predicted octanol–water partition coefficient (Wildman–Crippen LogP) is 3.57. The molecule has 2 heterocycles. The molecule has 0 saturated carbocycles. The van der Waals surface area contributed by atoms with Crippen LogP contribution in [0.5, 0.6) is 5.75 Å². The Hall–Kier alpha value is -3.39. The summed E-state index contributed by atoms with van der Waals surface area (Å²) in [5, 5.41) is 9.41. The summed E-state index contributed by atoms with van der Waals surface area (Å²) in [6, 6.07) is 11.2. The molecule has 14 heteroatoms. The maximum atomic E-state index is 13.4. The molecule has 0 fully saturated rings. The Bertz CT molecular complexity index is 1550. The summed E-state index contributed by atoms with van der Waals surface area (Å²) in [7, 11) is -3.03. The first-order chi connectivity index (χ1) is 18.2. The largest absolute Gasteiger partial charge is 0.487 e. The summed E-state index contributed by atoms with van der Waals surface area (Å²) in [6.07, 6.45) is 2.54.